The average molecular weight is 318 g/mol. The third-order valence-corrected chi connectivity index (χ3v) is 3.17. The fourth-order valence-corrected chi connectivity index (χ4v) is 1.96. The van der Waals surface area contributed by atoms with E-state index in [9.17, 15) is 4.79 Å². The molecule has 0 unspecified atom stereocenters. The Hall–Kier alpha value is -1.94. The molecule has 0 aromatic heterocycles. The number of hydrogen-bond acceptors (Lipinski definition) is 3. The first-order valence-corrected chi connectivity index (χ1v) is 6.58. The molecule has 0 aliphatic rings. The number of hydrogen-bond donors (Lipinski definition) is 0. The topological polar surface area (TPSA) is 38.7 Å². The smallest absolute Gasteiger partial charge is 0.313 e. The molecule has 96 valence electrons. The Morgan fingerprint density at radius 3 is 2.53 bits per heavy atom. The number of oxime groups is 1. The summed E-state index contributed by atoms with van der Waals surface area (Å²) in [5.74, 6) is -0.475. The zero-order chi connectivity index (χ0) is 13.5. The van der Waals surface area contributed by atoms with Crippen molar-refractivity contribution >= 4 is 28.1 Å². The average Bonchev–Trinajstić information content (AvgIpc) is 2.45. The third-order valence-electron chi connectivity index (χ3n) is 2.47. The van der Waals surface area contributed by atoms with Crippen molar-refractivity contribution in [2.75, 3.05) is 0 Å². The molecule has 0 radical (unpaired) electrons. The van der Waals surface area contributed by atoms with Crippen LogP contribution >= 0.6 is 15.9 Å². The first-order valence-electron chi connectivity index (χ1n) is 5.79. The van der Waals surface area contributed by atoms with E-state index in [1.54, 1.807) is 24.4 Å². The zero-order valence-electron chi connectivity index (χ0n) is 10.1. The molecule has 0 bridgehead atoms. The van der Waals surface area contributed by atoms with Gasteiger partial charge in [0.05, 0.1) is 5.56 Å². The van der Waals surface area contributed by atoms with Crippen LogP contribution in [0.4, 0.5) is 0 Å². The predicted molar refractivity (Wildman–Crippen MR) is 78.2 cm³/mol. The van der Waals surface area contributed by atoms with E-state index < -0.39 is 5.97 Å². The maximum absolute atomic E-state index is 11.7. The van der Waals surface area contributed by atoms with Crippen LogP contribution in [0, 0.1) is 0 Å². The first-order chi connectivity index (χ1) is 9.27. The predicted octanol–water partition coefficient (Wildman–Crippen LogP) is 3.83. The lowest BCUT2D eigenvalue weighted by molar-refractivity contribution is 0.0517. The largest absolute Gasteiger partial charge is 0.366 e. The number of rotatable bonds is 4. The number of halogens is 1. The highest BCUT2D eigenvalue weighted by molar-refractivity contribution is 9.10. The van der Waals surface area contributed by atoms with E-state index in [-0.39, 0.29) is 0 Å². The molecule has 0 saturated heterocycles. The van der Waals surface area contributed by atoms with Crippen LogP contribution in [0.2, 0.25) is 0 Å². The molecule has 0 aliphatic heterocycles. The summed E-state index contributed by atoms with van der Waals surface area (Å²) < 4.78 is 0.693. The minimum atomic E-state index is -0.475. The normalized spacial score (nSPS) is 10.6. The van der Waals surface area contributed by atoms with Crippen molar-refractivity contribution in [2.24, 2.45) is 5.16 Å². The fourth-order valence-electron chi connectivity index (χ4n) is 1.52. The van der Waals surface area contributed by atoms with Crippen LogP contribution in [0.5, 0.6) is 0 Å². The molecule has 2 aromatic carbocycles. The number of carbonyl (C=O) groups is 1. The van der Waals surface area contributed by atoms with Gasteiger partial charge in [0, 0.05) is 17.1 Å². The van der Waals surface area contributed by atoms with Gasteiger partial charge in [0.25, 0.3) is 0 Å². The molecule has 0 heterocycles. The van der Waals surface area contributed by atoms with Crippen molar-refractivity contribution in [2.45, 2.75) is 6.42 Å². The molecule has 0 spiro atoms. The fraction of sp³-hybridized carbons (Fsp3) is 0.0667. The van der Waals surface area contributed by atoms with Crippen molar-refractivity contribution in [3.8, 4) is 0 Å². The summed E-state index contributed by atoms with van der Waals surface area (Å²) in [6.45, 7) is 0. The highest BCUT2D eigenvalue weighted by Crippen LogP contribution is 2.16. The Morgan fingerprint density at radius 1 is 1.11 bits per heavy atom. The number of carbonyl (C=O) groups excluding carboxylic acids is 1. The van der Waals surface area contributed by atoms with Crippen LogP contribution in [-0.2, 0) is 11.3 Å². The molecule has 0 amide bonds. The monoisotopic (exact) mass is 317 g/mol. The summed E-state index contributed by atoms with van der Waals surface area (Å²) >= 11 is 3.29. The molecule has 0 atom stereocenters. The summed E-state index contributed by atoms with van der Waals surface area (Å²) in [6, 6.07) is 16.9. The van der Waals surface area contributed by atoms with E-state index in [4.69, 9.17) is 4.84 Å². The van der Waals surface area contributed by atoms with Gasteiger partial charge in [-0.25, -0.2) is 4.79 Å². The minimum Gasteiger partial charge on any atom is -0.313 e. The second-order valence-corrected chi connectivity index (χ2v) is 4.69. The van der Waals surface area contributed by atoms with E-state index in [0.717, 1.165) is 5.56 Å². The second-order valence-electron chi connectivity index (χ2n) is 3.84. The Labute approximate surface area is 120 Å². The molecule has 3 nitrogen and oxygen atoms in total. The van der Waals surface area contributed by atoms with Gasteiger partial charge in [-0.15, -0.1) is 0 Å². The van der Waals surface area contributed by atoms with Crippen LogP contribution in [0.25, 0.3) is 0 Å². The van der Waals surface area contributed by atoms with Gasteiger partial charge in [0.15, 0.2) is 0 Å². The maximum Gasteiger partial charge on any atom is 0.366 e. The molecule has 0 aliphatic carbocycles. The van der Waals surface area contributed by atoms with Crippen molar-refractivity contribution in [3.05, 3.63) is 70.2 Å². The highest BCUT2D eigenvalue weighted by Gasteiger charge is 2.09. The van der Waals surface area contributed by atoms with Crippen LogP contribution in [-0.4, -0.2) is 12.2 Å². The van der Waals surface area contributed by atoms with E-state index >= 15 is 0 Å². The number of benzene rings is 2. The number of nitrogens with zero attached hydrogens (tertiary/aromatic N) is 1. The molecule has 0 saturated carbocycles. The maximum atomic E-state index is 11.7. The second kappa shape index (κ2) is 6.85. The molecular weight excluding hydrogens is 306 g/mol. The lowest BCUT2D eigenvalue weighted by Gasteiger charge is -2.00. The highest BCUT2D eigenvalue weighted by atomic mass is 79.9. The van der Waals surface area contributed by atoms with Crippen LogP contribution in [0.15, 0.2) is 64.2 Å². The summed E-state index contributed by atoms with van der Waals surface area (Å²) in [5.41, 5.74) is 1.57. The lowest BCUT2D eigenvalue weighted by Crippen LogP contribution is -2.02. The Balaban J connectivity index is 1.89. The van der Waals surface area contributed by atoms with Crippen molar-refractivity contribution in [1.29, 1.82) is 0 Å². The molecule has 4 heteroatoms. The van der Waals surface area contributed by atoms with E-state index in [1.165, 1.54) is 0 Å². The third kappa shape index (κ3) is 4.03. The summed E-state index contributed by atoms with van der Waals surface area (Å²) in [6.07, 6.45) is 2.20. The quantitative estimate of drug-likeness (QED) is 0.488. The van der Waals surface area contributed by atoms with Gasteiger partial charge >= 0.3 is 5.97 Å². The zero-order valence-corrected chi connectivity index (χ0v) is 11.7. The molecule has 19 heavy (non-hydrogen) atoms. The molecule has 0 fully saturated rings. The van der Waals surface area contributed by atoms with Crippen LogP contribution < -0.4 is 0 Å². The van der Waals surface area contributed by atoms with Crippen molar-refractivity contribution < 1.29 is 9.63 Å². The summed E-state index contributed by atoms with van der Waals surface area (Å²) in [5, 5.41) is 3.69. The van der Waals surface area contributed by atoms with E-state index in [2.05, 4.69) is 21.1 Å². The van der Waals surface area contributed by atoms with E-state index in [0.29, 0.717) is 16.5 Å². The summed E-state index contributed by atoms with van der Waals surface area (Å²) in [4.78, 5) is 16.5. The Morgan fingerprint density at radius 2 is 1.79 bits per heavy atom. The molecular formula is C15H12BrNO2. The van der Waals surface area contributed by atoms with Crippen molar-refractivity contribution in [1.82, 2.24) is 0 Å². The summed E-state index contributed by atoms with van der Waals surface area (Å²) in [7, 11) is 0. The van der Waals surface area contributed by atoms with Gasteiger partial charge in [-0.3, -0.25) is 0 Å². The Kier molecular flexibility index (Phi) is 4.86. The van der Waals surface area contributed by atoms with Gasteiger partial charge in [0.1, 0.15) is 0 Å². The standard InChI is InChI=1S/C15H12BrNO2/c16-14-9-5-4-8-13(14)15(18)19-17-11-10-12-6-2-1-3-7-12/h1-9,11H,10H2/b17-11+. The molecule has 0 N–H and O–H groups in total. The first kappa shape index (κ1) is 13.5. The van der Waals surface area contributed by atoms with Gasteiger partial charge in [-0.1, -0.05) is 47.6 Å². The molecule has 2 aromatic rings. The van der Waals surface area contributed by atoms with E-state index in [1.807, 2.05) is 36.4 Å². The lowest BCUT2D eigenvalue weighted by atomic mass is 10.2. The van der Waals surface area contributed by atoms with Crippen LogP contribution in [0.3, 0.4) is 0 Å². The minimum absolute atomic E-state index is 0.458. The van der Waals surface area contributed by atoms with Gasteiger partial charge in [-0.05, 0) is 33.6 Å². The van der Waals surface area contributed by atoms with Crippen LogP contribution in [0.1, 0.15) is 15.9 Å². The van der Waals surface area contributed by atoms with Gasteiger partial charge in [-0.2, -0.15) is 0 Å². The van der Waals surface area contributed by atoms with Gasteiger partial charge < -0.3 is 4.84 Å². The SMILES string of the molecule is O=C(O/N=C/Cc1ccccc1)c1ccccc1Br. The molecule has 2 rings (SSSR count). The van der Waals surface area contributed by atoms with Crippen molar-refractivity contribution in [3.63, 3.8) is 0 Å². The Bertz CT molecular complexity index is 582. The van der Waals surface area contributed by atoms with Gasteiger partial charge in [0.2, 0.25) is 0 Å².